The van der Waals surface area contributed by atoms with Crippen molar-refractivity contribution >= 4 is 111 Å². The van der Waals surface area contributed by atoms with Gasteiger partial charge in [0.25, 0.3) is 0 Å². The molecule has 3 aromatic heterocycles. The zero-order valence-corrected chi connectivity index (χ0v) is 32.0. The van der Waals surface area contributed by atoms with Gasteiger partial charge in [-0.25, -0.2) is 9.97 Å². The van der Waals surface area contributed by atoms with Crippen molar-refractivity contribution in [2.75, 3.05) is 0 Å². The van der Waals surface area contributed by atoms with E-state index in [0.717, 1.165) is 44.8 Å². The quantitative estimate of drug-likeness (QED) is 0.186. The Morgan fingerprint density at radius 2 is 0.547 bits per heavy atom. The van der Waals surface area contributed by atoms with Gasteiger partial charge >= 0.3 is 194 Å². The van der Waals surface area contributed by atoms with Gasteiger partial charge in [-0.2, -0.15) is 0 Å². The number of hydrogen-bond acceptors (Lipinski definition) is 2. The molecule has 0 saturated carbocycles. The van der Waals surface area contributed by atoms with Crippen molar-refractivity contribution in [1.82, 2.24) is 19.9 Å². The molecule has 0 amide bonds. The molecule has 9 heteroatoms. The maximum absolute atomic E-state index is 6.22. The van der Waals surface area contributed by atoms with Crippen LogP contribution in [0.25, 0.3) is 46.4 Å². The zero-order chi connectivity index (χ0) is 36.4. The van der Waals surface area contributed by atoms with Crippen LogP contribution in [-0.2, 0) is 12.6 Å². The van der Waals surface area contributed by atoms with Crippen molar-refractivity contribution in [1.29, 1.82) is 0 Å². The topological polar surface area (TPSA) is 57.4 Å². The van der Waals surface area contributed by atoms with E-state index in [9.17, 15) is 0 Å². The van der Waals surface area contributed by atoms with E-state index < -0.39 is 12.6 Å². The Hall–Kier alpha value is -4.85. The number of rotatable bonds is 4. The normalized spacial score (nSPS) is 12.3. The van der Waals surface area contributed by atoms with Crippen LogP contribution in [0.5, 0.6) is 0 Å². The second kappa shape index (κ2) is 15.2. The van der Waals surface area contributed by atoms with Gasteiger partial charge in [0.05, 0.1) is 22.8 Å². The van der Waals surface area contributed by atoms with E-state index in [1.807, 2.05) is 97.1 Å². The molecule has 0 saturated heterocycles. The van der Waals surface area contributed by atoms with Crippen LogP contribution in [0, 0.1) is 0 Å². The first-order valence-corrected chi connectivity index (χ1v) is 20.1. The molecule has 2 N–H and O–H groups in total. The van der Waals surface area contributed by atoms with Gasteiger partial charge < -0.3 is 9.97 Å². The molecule has 5 heterocycles. The Labute approximate surface area is 329 Å². The first-order valence-electron chi connectivity index (χ1n) is 16.6. The number of hydrogen-bond donors (Lipinski definition) is 2. The summed E-state index contributed by atoms with van der Waals surface area (Å²) in [5, 5.41) is 2.81. The average molecular weight is 815 g/mol. The molecule has 0 aliphatic carbocycles. The molecule has 8 bridgehead atoms. The fraction of sp³-hybridized carbons (Fsp3) is 0. The molecular weight excluding hydrogens is 785 g/mol. The Balaban J connectivity index is 0.000000153. The molecule has 53 heavy (non-hydrogen) atoms. The van der Waals surface area contributed by atoms with E-state index in [-0.39, 0.29) is 0 Å². The molecule has 9 rings (SSSR count). The summed E-state index contributed by atoms with van der Waals surface area (Å²) in [5.41, 5.74) is 7.86. The molecule has 263 valence electrons. The third-order valence-electron chi connectivity index (χ3n) is 8.35. The van der Waals surface area contributed by atoms with Crippen LogP contribution < -0.4 is 18.0 Å². The van der Waals surface area contributed by atoms with Gasteiger partial charge in [-0.15, -0.1) is 0 Å². The molecule has 2 aliphatic rings. The first-order chi connectivity index (χ1) is 25.8. The number of aromatic amines is 2. The summed E-state index contributed by atoms with van der Waals surface area (Å²) in [6.07, 6.45) is 8.09. The fourth-order valence-electron chi connectivity index (χ4n) is 5.97. The maximum atomic E-state index is 6.22. The third kappa shape index (κ3) is 7.78. The van der Waals surface area contributed by atoms with Crippen LogP contribution in [0.2, 0.25) is 20.1 Å². The predicted octanol–water partition coefficient (Wildman–Crippen LogP) is 10.7. The minimum absolute atomic E-state index is 0.704. The van der Waals surface area contributed by atoms with Gasteiger partial charge in [0.15, 0.2) is 0 Å². The first kappa shape index (κ1) is 35.2. The summed E-state index contributed by atoms with van der Waals surface area (Å²) >= 11 is 22.7. The van der Waals surface area contributed by atoms with Crippen molar-refractivity contribution in [3.63, 3.8) is 0 Å². The summed E-state index contributed by atoms with van der Waals surface area (Å²) in [7, 11) is 0. The standard InChI is InChI=1S/C20H14N4.4C6H4Cl.Co/c1-2-14-10-16-5-6-18(23-16)12-20-8-7-19(24-20)11-17-4-3-15(22-17)9-13(1)21-14;4*7-6-4-2-1-3-5-6;/h1-12,21,24H;4*2-5H;. The molecular formula is C44H30Cl4CoN4. The Morgan fingerprint density at radius 1 is 0.321 bits per heavy atom. The van der Waals surface area contributed by atoms with Crippen LogP contribution in [0.15, 0.2) is 146 Å². The molecule has 2 aliphatic heterocycles. The van der Waals surface area contributed by atoms with Gasteiger partial charge in [0.1, 0.15) is 0 Å². The van der Waals surface area contributed by atoms with Crippen molar-refractivity contribution in [3.05, 3.63) is 188 Å². The van der Waals surface area contributed by atoms with Crippen LogP contribution in [-0.4, -0.2) is 19.9 Å². The van der Waals surface area contributed by atoms with E-state index in [1.165, 1.54) is 18.0 Å². The summed E-state index contributed by atoms with van der Waals surface area (Å²) in [6.45, 7) is 0. The van der Waals surface area contributed by atoms with Gasteiger partial charge in [-0.3, -0.25) is 0 Å². The Bertz CT molecular complexity index is 2280. The van der Waals surface area contributed by atoms with Gasteiger partial charge in [-0.05, 0) is 72.8 Å². The van der Waals surface area contributed by atoms with Gasteiger partial charge in [-0.1, -0.05) is 0 Å². The number of halogens is 4. The van der Waals surface area contributed by atoms with Crippen molar-refractivity contribution in [2.24, 2.45) is 0 Å². The van der Waals surface area contributed by atoms with Crippen molar-refractivity contribution in [2.45, 2.75) is 0 Å². The summed E-state index contributed by atoms with van der Waals surface area (Å²) in [6, 6.07) is 48.7. The number of nitrogens with one attached hydrogen (secondary N) is 2. The summed E-state index contributed by atoms with van der Waals surface area (Å²) in [5.74, 6) is 0. The van der Waals surface area contributed by atoms with Crippen molar-refractivity contribution < 1.29 is 12.6 Å². The SMILES string of the molecule is C1=Cc2cc3ccc(cc4nc(cc5ccc(cc1n2)[nH]5)C=C4)[nH]3.Clc1cc[c]([Co]([c]2ccc(Cl)cc2)([c]2ccc(Cl)cc2)[c]2ccc(Cl)cc2)cc1. The molecule has 0 radical (unpaired) electrons. The van der Waals surface area contributed by atoms with E-state index in [4.69, 9.17) is 46.4 Å². The average Bonchev–Trinajstić information content (AvgIpc) is 3.99. The van der Waals surface area contributed by atoms with Gasteiger partial charge in [0.2, 0.25) is 0 Å². The number of H-pyrrole nitrogens is 2. The minimum atomic E-state index is -2.19. The van der Waals surface area contributed by atoms with Crippen molar-refractivity contribution in [3.8, 4) is 0 Å². The van der Waals surface area contributed by atoms with Crippen LogP contribution in [0.3, 0.4) is 0 Å². The van der Waals surface area contributed by atoms with Crippen LogP contribution >= 0.6 is 46.4 Å². The molecule has 0 spiro atoms. The second-order valence-electron chi connectivity index (χ2n) is 12.0. The fourth-order valence-corrected chi connectivity index (χ4v) is 11.3. The number of nitrogens with zero attached hydrogens (tertiary/aromatic N) is 2. The summed E-state index contributed by atoms with van der Waals surface area (Å²) < 4.78 is 4.75. The van der Waals surface area contributed by atoms with E-state index in [2.05, 4.69) is 92.7 Å². The van der Waals surface area contributed by atoms with E-state index in [0.29, 0.717) is 20.1 Å². The van der Waals surface area contributed by atoms with Gasteiger partial charge in [0, 0.05) is 22.1 Å². The molecule has 4 nitrogen and oxygen atoms in total. The zero-order valence-electron chi connectivity index (χ0n) is 27.9. The summed E-state index contributed by atoms with van der Waals surface area (Å²) in [4.78, 5) is 16.0. The third-order valence-corrected chi connectivity index (χ3v) is 14.4. The monoisotopic (exact) mass is 813 g/mol. The van der Waals surface area contributed by atoms with Crippen LogP contribution in [0.4, 0.5) is 0 Å². The number of fused-ring (bicyclic) bond motifs is 8. The van der Waals surface area contributed by atoms with E-state index >= 15 is 0 Å². The number of aromatic nitrogens is 4. The second-order valence-corrected chi connectivity index (χ2v) is 17.8. The Morgan fingerprint density at radius 3 is 0.774 bits per heavy atom. The number of benzene rings is 4. The van der Waals surface area contributed by atoms with Crippen LogP contribution in [0.1, 0.15) is 22.8 Å². The molecule has 4 aromatic carbocycles. The molecule has 0 unspecified atom stereocenters. The molecule has 0 fully saturated rings. The molecule has 7 aromatic rings. The molecule has 0 atom stereocenters. The van der Waals surface area contributed by atoms with E-state index in [1.54, 1.807) is 0 Å². The Kier molecular flexibility index (Phi) is 10.1. The predicted molar refractivity (Wildman–Crippen MR) is 223 cm³/mol.